The first-order chi connectivity index (χ1) is 14.5. The Morgan fingerprint density at radius 1 is 1.03 bits per heavy atom. The first kappa shape index (κ1) is 21.7. The maximum atomic E-state index is 12.6. The molecule has 1 aliphatic rings. The van der Waals surface area contributed by atoms with E-state index in [9.17, 15) is 4.79 Å². The highest BCUT2D eigenvalue weighted by Gasteiger charge is 2.25. The van der Waals surface area contributed by atoms with Crippen LogP contribution in [-0.2, 0) is 11.3 Å². The summed E-state index contributed by atoms with van der Waals surface area (Å²) < 4.78 is 16.5. The second-order valence-electron chi connectivity index (χ2n) is 7.49. The molecule has 0 aromatic heterocycles. The molecule has 1 fully saturated rings. The highest BCUT2D eigenvalue weighted by molar-refractivity contribution is 5.91. The van der Waals surface area contributed by atoms with Crippen LogP contribution >= 0.6 is 0 Å². The maximum Gasteiger partial charge on any atom is 0.246 e. The van der Waals surface area contributed by atoms with E-state index in [1.807, 2.05) is 35.2 Å². The zero-order valence-corrected chi connectivity index (χ0v) is 18.2. The molecule has 1 N–H and O–H groups in total. The first-order valence-corrected chi connectivity index (χ1v) is 10.2. The lowest BCUT2D eigenvalue weighted by molar-refractivity contribution is -0.917. The van der Waals surface area contributed by atoms with Gasteiger partial charge in [0, 0.05) is 6.08 Å². The zero-order valence-electron chi connectivity index (χ0n) is 18.2. The molecule has 0 saturated carbocycles. The van der Waals surface area contributed by atoms with Crippen molar-refractivity contribution in [1.29, 1.82) is 0 Å². The number of ether oxygens (including phenoxy) is 3. The van der Waals surface area contributed by atoms with Crippen molar-refractivity contribution in [2.45, 2.75) is 13.5 Å². The number of benzene rings is 2. The van der Waals surface area contributed by atoms with Crippen LogP contribution in [0.1, 0.15) is 16.7 Å². The molecule has 0 bridgehead atoms. The molecule has 0 radical (unpaired) electrons. The fraction of sp³-hybridized carbons (Fsp3) is 0.375. The standard InChI is InChI=1S/C24H30N2O4/c1-18-6-5-7-19(16-18)8-11-22(27)26-14-12-25(13-15-26)17-20-9-10-21(28-2)24(30-4)23(20)29-3/h5-11,16H,12-15,17H2,1-4H3/p+1/b11-8+. The van der Waals surface area contributed by atoms with E-state index in [2.05, 4.69) is 19.1 Å². The third-order valence-electron chi connectivity index (χ3n) is 5.47. The van der Waals surface area contributed by atoms with E-state index in [0.29, 0.717) is 17.2 Å². The van der Waals surface area contributed by atoms with Gasteiger partial charge in [-0.1, -0.05) is 29.8 Å². The summed E-state index contributed by atoms with van der Waals surface area (Å²) in [6.07, 6.45) is 3.57. The Morgan fingerprint density at radius 2 is 1.77 bits per heavy atom. The molecule has 3 rings (SSSR count). The summed E-state index contributed by atoms with van der Waals surface area (Å²) in [7, 11) is 4.88. The summed E-state index contributed by atoms with van der Waals surface area (Å²) >= 11 is 0. The van der Waals surface area contributed by atoms with Crippen LogP contribution in [0.5, 0.6) is 17.2 Å². The molecule has 2 aromatic carbocycles. The van der Waals surface area contributed by atoms with E-state index in [4.69, 9.17) is 14.2 Å². The second-order valence-corrected chi connectivity index (χ2v) is 7.49. The van der Waals surface area contributed by atoms with Crippen LogP contribution in [0.15, 0.2) is 42.5 Å². The molecule has 0 unspecified atom stereocenters. The van der Waals surface area contributed by atoms with Crippen LogP contribution in [0, 0.1) is 6.92 Å². The average molecular weight is 412 g/mol. The van der Waals surface area contributed by atoms with Gasteiger partial charge < -0.3 is 24.0 Å². The quantitative estimate of drug-likeness (QED) is 0.708. The van der Waals surface area contributed by atoms with Gasteiger partial charge in [-0.15, -0.1) is 0 Å². The summed E-state index contributed by atoms with van der Waals surface area (Å²) in [5.74, 6) is 2.05. The number of piperazine rings is 1. The number of rotatable bonds is 7. The van der Waals surface area contributed by atoms with Gasteiger partial charge in [0.1, 0.15) is 6.54 Å². The lowest BCUT2D eigenvalue weighted by Gasteiger charge is -2.32. The van der Waals surface area contributed by atoms with Crippen molar-refractivity contribution in [3.8, 4) is 17.2 Å². The van der Waals surface area contributed by atoms with Crippen molar-refractivity contribution in [3.05, 3.63) is 59.2 Å². The number of methoxy groups -OCH3 is 3. The molecule has 1 saturated heterocycles. The summed E-state index contributed by atoms with van der Waals surface area (Å²) in [6.45, 7) is 6.12. The molecule has 1 aliphatic heterocycles. The van der Waals surface area contributed by atoms with Gasteiger partial charge in [-0.3, -0.25) is 4.79 Å². The van der Waals surface area contributed by atoms with Gasteiger partial charge in [0.25, 0.3) is 0 Å². The molecule has 6 heteroatoms. The fourth-order valence-corrected chi connectivity index (χ4v) is 3.84. The number of nitrogens with one attached hydrogen (secondary N) is 1. The second kappa shape index (κ2) is 10.2. The minimum absolute atomic E-state index is 0.0688. The molecule has 0 atom stereocenters. The van der Waals surface area contributed by atoms with Crippen LogP contribution in [0.3, 0.4) is 0 Å². The van der Waals surface area contributed by atoms with Crippen LogP contribution in [0.25, 0.3) is 6.08 Å². The summed E-state index contributed by atoms with van der Waals surface area (Å²) in [4.78, 5) is 15.9. The monoisotopic (exact) mass is 411 g/mol. The first-order valence-electron chi connectivity index (χ1n) is 10.2. The lowest BCUT2D eigenvalue weighted by atomic mass is 10.1. The number of nitrogens with zero attached hydrogens (tertiary/aromatic N) is 1. The molecular formula is C24H31N2O4+. The predicted molar refractivity (Wildman–Crippen MR) is 117 cm³/mol. The van der Waals surface area contributed by atoms with Crippen LogP contribution in [0.2, 0.25) is 0 Å². The molecule has 30 heavy (non-hydrogen) atoms. The topological polar surface area (TPSA) is 52.4 Å². The third kappa shape index (κ3) is 5.13. The van der Waals surface area contributed by atoms with Gasteiger partial charge in [0.05, 0.1) is 53.1 Å². The van der Waals surface area contributed by atoms with E-state index >= 15 is 0 Å². The molecule has 160 valence electrons. The Morgan fingerprint density at radius 3 is 2.40 bits per heavy atom. The highest BCUT2D eigenvalue weighted by Crippen LogP contribution is 2.39. The van der Waals surface area contributed by atoms with Crippen LogP contribution in [0.4, 0.5) is 0 Å². The molecule has 6 nitrogen and oxygen atoms in total. The van der Waals surface area contributed by atoms with Crippen molar-refractivity contribution in [2.24, 2.45) is 0 Å². The van der Waals surface area contributed by atoms with Gasteiger partial charge in [0.15, 0.2) is 11.5 Å². The lowest BCUT2D eigenvalue weighted by Crippen LogP contribution is -3.13. The summed E-state index contributed by atoms with van der Waals surface area (Å²) in [5, 5.41) is 0. The van der Waals surface area contributed by atoms with Gasteiger partial charge >= 0.3 is 0 Å². The van der Waals surface area contributed by atoms with E-state index < -0.39 is 0 Å². The van der Waals surface area contributed by atoms with Crippen molar-refractivity contribution < 1.29 is 23.9 Å². The normalized spacial score (nSPS) is 14.7. The van der Waals surface area contributed by atoms with Crippen molar-refractivity contribution in [3.63, 3.8) is 0 Å². The number of amides is 1. The van der Waals surface area contributed by atoms with Crippen molar-refractivity contribution in [1.82, 2.24) is 4.90 Å². The maximum absolute atomic E-state index is 12.6. The number of aryl methyl sites for hydroxylation is 1. The fourth-order valence-electron chi connectivity index (χ4n) is 3.84. The smallest absolute Gasteiger partial charge is 0.246 e. The molecule has 0 spiro atoms. The van der Waals surface area contributed by atoms with Crippen molar-refractivity contribution in [2.75, 3.05) is 47.5 Å². The van der Waals surface area contributed by atoms with Crippen molar-refractivity contribution >= 4 is 12.0 Å². The zero-order chi connectivity index (χ0) is 21.5. The number of hydrogen-bond donors (Lipinski definition) is 1. The van der Waals surface area contributed by atoms with Crippen LogP contribution in [-0.4, -0.2) is 58.3 Å². The Labute approximate surface area is 178 Å². The van der Waals surface area contributed by atoms with Gasteiger partial charge in [0.2, 0.25) is 11.7 Å². The highest BCUT2D eigenvalue weighted by atomic mass is 16.5. The predicted octanol–water partition coefficient (Wildman–Crippen LogP) is 1.96. The number of quaternary nitrogens is 1. The molecule has 2 aromatic rings. The minimum Gasteiger partial charge on any atom is -0.493 e. The van der Waals surface area contributed by atoms with E-state index in [-0.39, 0.29) is 5.91 Å². The molecule has 0 aliphatic carbocycles. The summed E-state index contributed by atoms with van der Waals surface area (Å²) in [6, 6.07) is 12.1. The SMILES string of the molecule is COc1ccc(C[NH+]2CCN(C(=O)/C=C/c3cccc(C)c3)CC2)c(OC)c1OC. The number of carbonyl (C=O) groups is 1. The third-order valence-corrected chi connectivity index (χ3v) is 5.47. The summed E-state index contributed by atoms with van der Waals surface area (Å²) in [5.41, 5.74) is 3.31. The minimum atomic E-state index is 0.0688. The van der Waals surface area contributed by atoms with Gasteiger partial charge in [-0.25, -0.2) is 0 Å². The Kier molecular flexibility index (Phi) is 7.36. The van der Waals surface area contributed by atoms with Gasteiger partial charge in [-0.05, 0) is 30.7 Å². The largest absolute Gasteiger partial charge is 0.493 e. The number of carbonyl (C=O) groups excluding carboxylic acids is 1. The van der Waals surface area contributed by atoms with Crippen LogP contribution < -0.4 is 19.1 Å². The Bertz CT molecular complexity index is 902. The van der Waals surface area contributed by atoms with E-state index in [1.54, 1.807) is 27.4 Å². The average Bonchev–Trinajstić information content (AvgIpc) is 2.77. The van der Waals surface area contributed by atoms with Gasteiger partial charge in [-0.2, -0.15) is 0 Å². The number of hydrogen-bond acceptors (Lipinski definition) is 4. The molecule has 1 amide bonds. The Hall–Kier alpha value is -2.99. The molecular weight excluding hydrogens is 380 g/mol. The van der Waals surface area contributed by atoms with E-state index in [0.717, 1.165) is 43.9 Å². The van der Waals surface area contributed by atoms with E-state index in [1.165, 1.54) is 10.5 Å². The Balaban J connectivity index is 1.59. The molecule has 1 heterocycles.